The number of aryl methyl sites for hydroxylation is 1. The second-order valence-corrected chi connectivity index (χ2v) is 5.39. The van der Waals surface area contributed by atoms with Gasteiger partial charge in [-0.05, 0) is 57.1 Å². The molecule has 3 rings (SSSR count). The van der Waals surface area contributed by atoms with E-state index in [2.05, 4.69) is 20.6 Å². The smallest absolute Gasteiger partial charge is 0.161 e. The third kappa shape index (κ3) is 3.55. The summed E-state index contributed by atoms with van der Waals surface area (Å²) in [5.41, 5.74) is 1.73. The molecule has 0 unspecified atom stereocenters. The van der Waals surface area contributed by atoms with Crippen molar-refractivity contribution in [3.8, 4) is 11.4 Å². The molecule has 1 aromatic heterocycles. The van der Waals surface area contributed by atoms with E-state index < -0.39 is 0 Å². The third-order valence-corrected chi connectivity index (χ3v) is 3.65. The van der Waals surface area contributed by atoms with Crippen LogP contribution in [0.15, 0.2) is 30.3 Å². The highest BCUT2D eigenvalue weighted by atomic mass is 19.1. The minimum atomic E-state index is -0.251. The first-order valence-electron chi connectivity index (χ1n) is 7.29. The van der Waals surface area contributed by atoms with Crippen LogP contribution in [0.4, 0.5) is 10.2 Å². The van der Waals surface area contributed by atoms with Gasteiger partial charge >= 0.3 is 0 Å². The summed E-state index contributed by atoms with van der Waals surface area (Å²) in [4.78, 5) is 9.00. The maximum atomic E-state index is 13.0. The number of rotatable bonds is 3. The van der Waals surface area contributed by atoms with Crippen molar-refractivity contribution in [3.05, 3.63) is 41.8 Å². The fourth-order valence-electron chi connectivity index (χ4n) is 2.55. The molecule has 2 heterocycles. The van der Waals surface area contributed by atoms with Crippen LogP contribution in [0.5, 0.6) is 0 Å². The second kappa shape index (κ2) is 6.18. The SMILES string of the molecule is Cc1cc(NC2CCNCC2)nc(-c2ccc(F)cc2)n1. The van der Waals surface area contributed by atoms with Gasteiger partial charge in [0.15, 0.2) is 5.82 Å². The van der Waals surface area contributed by atoms with Crippen molar-refractivity contribution >= 4 is 5.82 Å². The summed E-state index contributed by atoms with van der Waals surface area (Å²) in [6.07, 6.45) is 2.18. The summed E-state index contributed by atoms with van der Waals surface area (Å²) in [6.45, 7) is 4.02. The van der Waals surface area contributed by atoms with Gasteiger partial charge in [0.1, 0.15) is 11.6 Å². The van der Waals surface area contributed by atoms with Crippen LogP contribution >= 0.6 is 0 Å². The van der Waals surface area contributed by atoms with Gasteiger partial charge in [-0.2, -0.15) is 0 Å². The Hall–Kier alpha value is -2.01. The first-order chi connectivity index (χ1) is 10.2. The molecule has 0 amide bonds. The van der Waals surface area contributed by atoms with Gasteiger partial charge in [-0.25, -0.2) is 14.4 Å². The second-order valence-electron chi connectivity index (χ2n) is 5.39. The van der Waals surface area contributed by atoms with E-state index in [9.17, 15) is 4.39 Å². The van der Waals surface area contributed by atoms with E-state index in [1.54, 1.807) is 12.1 Å². The van der Waals surface area contributed by atoms with Crippen molar-refractivity contribution in [3.63, 3.8) is 0 Å². The number of nitrogens with zero attached hydrogens (tertiary/aromatic N) is 2. The van der Waals surface area contributed by atoms with Gasteiger partial charge in [0.2, 0.25) is 0 Å². The maximum absolute atomic E-state index is 13.0. The molecule has 0 spiro atoms. The lowest BCUT2D eigenvalue weighted by Gasteiger charge is -2.24. The van der Waals surface area contributed by atoms with Crippen LogP contribution in [0, 0.1) is 12.7 Å². The van der Waals surface area contributed by atoms with E-state index >= 15 is 0 Å². The summed E-state index contributed by atoms with van der Waals surface area (Å²) in [5, 5.41) is 6.82. The Bertz CT molecular complexity index is 606. The third-order valence-electron chi connectivity index (χ3n) is 3.65. The van der Waals surface area contributed by atoms with E-state index in [1.165, 1.54) is 12.1 Å². The molecule has 1 saturated heterocycles. The van der Waals surface area contributed by atoms with Crippen LogP contribution in [-0.4, -0.2) is 29.1 Å². The van der Waals surface area contributed by atoms with Gasteiger partial charge in [0.25, 0.3) is 0 Å². The van der Waals surface area contributed by atoms with Gasteiger partial charge in [0, 0.05) is 23.4 Å². The van der Waals surface area contributed by atoms with Gasteiger partial charge < -0.3 is 10.6 Å². The van der Waals surface area contributed by atoms with Crippen LogP contribution in [0.2, 0.25) is 0 Å². The molecule has 4 nitrogen and oxygen atoms in total. The van der Waals surface area contributed by atoms with Crippen molar-refractivity contribution in [1.29, 1.82) is 0 Å². The number of benzene rings is 1. The lowest BCUT2D eigenvalue weighted by Crippen LogP contribution is -2.35. The first kappa shape index (κ1) is 13.9. The minimum absolute atomic E-state index is 0.251. The highest BCUT2D eigenvalue weighted by molar-refractivity contribution is 5.57. The van der Waals surface area contributed by atoms with Crippen molar-refractivity contribution < 1.29 is 4.39 Å². The minimum Gasteiger partial charge on any atom is -0.367 e. The largest absolute Gasteiger partial charge is 0.367 e. The standard InChI is InChI=1S/C16H19FN4/c1-11-10-15(20-14-6-8-18-9-7-14)21-16(19-11)12-2-4-13(17)5-3-12/h2-5,10,14,18H,6-9H2,1H3,(H,19,20,21). The van der Waals surface area contributed by atoms with Gasteiger partial charge in [-0.1, -0.05) is 0 Å². The number of aromatic nitrogens is 2. The van der Waals surface area contributed by atoms with Crippen LogP contribution in [0.3, 0.4) is 0 Å². The molecule has 0 saturated carbocycles. The van der Waals surface area contributed by atoms with E-state index in [4.69, 9.17) is 0 Å². The predicted molar refractivity (Wildman–Crippen MR) is 81.7 cm³/mol. The molecule has 1 aliphatic rings. The van der Waals surface area contributed by atoms with Crippen molar-refractivity contribution in [2.75, 3.05) is 18.4 Å². The van der Waals surface area contributed by atoms with E-state index in [-0.39, 0.29) is 5.82 Å². The van der Waals surface area contributed by atoms with Crippen molar-refractivity contribution in [1.82, 2.24) is 15.3 Å². The molecule has 1 aliphatic heterocycles. The molecular weight excluding hydrogens is 267 g/mol. The number of anilines is 1. The molecular formula is C16H19FN4. The monoisotopic (exact) mass is 286 g/mol. The molecule has 5 heteroatoms. The number of hydrogen-bond donors (Lipinski definition) is 2. The molecule has 2 aromatic rings. The summed E-state index contributed by atoms with van der Waals surface area (Å²) < 4.78 is 13.0. The van der Waals surface area contributed by atoms with Gasteiger partial charge in [-0.3, -0.25) is 0 Å². The normalized spacial score (nSPS) is 15.9. The van der Waals surface area contributed by atoms with Gasteiger partial charge in [0.05, 0.1) is 0 Å². The molecule has 1 aromatic carbocycles. The van der Waals surface area contributed by atoms with Crippen LogP contribution in [0.1, 0.15) is 18.5 Å². The molecule has 0 bridgehead atoms. The number of halogens is 1. The fourth-order valence-corrected chi connectivity index (χ4v) is 2.55. The first-order valence-corrected chi connectivity index (χ1v) is 7.29. The predicted octanol–water partition coefficient (Wildman–Crippen LogP) is 2.76. The van der Waals surface area contributed by atoms with E-state index in [0.717, 1.165) is 43.0 Å². The number of hydrogen-bond acceptors (Lipinski definition) is 4. The van der Waals surface area contributed by atoms with Crippen molar-refractivity contribution in [2.24, 2.45) is 0 Å². The van der Waals surface area contributed by atoms with Crippen LogP contribution < -0.4 is 10.6 Å². The lowest BCUT2D eigenvalue weighted by atomic mass is 10.1. The highest BCUT2D eigenvalue weighted by Gasteiger charge is 2.14. The highest BCUT2D eigenvalue weighted by Crippen LogP contribution is 2.19. The average Bonchev–Trinajstić information content (AvgIpc) is 2.48. The summed E-state index contributed by atoms with van der Waals surface area (Å²) in [5.74, 6) is 1.22. The van der Waals surface area contributed by atoms with E-state index in [1.807, 2.05) is 13.0 Å². The summed E-state index contributed by atoms with van der Waals surface area (Å²) in [7, 11) is 0. The number of nitrogens with one attached hydrogen (secondary N) is 2. The van der Waals surface area contributed by atoms with Crippen LogP contribution in [-0.2, 0) is 0 Å². The zero-order chi connectivity index (χ0) is 14.7. The molecule has 1 fully saturated rings. The lowest BCUT2D eigenvalue weighted by molar-refractivity contribution is 0.478. The van der Waals surface area contributed by atoms with Crippen LogP contribution in [0.25, 0.3) is 11.4 Å². The Morgan fingerprint density at radius 2 is 1.86 bits per heavy atom. The molecule has 0 radical (unpaired) electrons. The Morgan fingerprint density at radius 1 is 1.14 bits per heavy atom. The summed E-state index contributed by atoms with van der Waals surface area (Å²) >= 11 is 0. The Morgan fingerprint density at radius 3 is 2.57 bits per heavy atom. The maximum Gasteiger partial charge on any atom is 0.161 e. The quantitative estimate of drug-likeness (QED) is 0.911. The average molecular weight is 286 g/mol. The molecule has 0 atom stereocenters. The number of piperidine rings is 1. The van der Waals surface area contributed by atoms with Gasteiger partial charge in [-0.15, -0.1) is 0 Å². The van der Waals surface area contributed by atoms with E-state index in [0.29, 0.717) is 11.9 Å². The molecule has 21 heavy (non-hydrogen) atoms. The Balaban J connectivity index is 1.83. The zero-order valence-corrected chi connectivity index (χ0v) is 12.1. The fraction of sp³-hybridized carbons (Fsp3) is 0.375. The Kier molecular flexibility index (Phi) is 4.10. The zero-order valence-electron chi connectivity index (χ0n) is 12.1. The van der Waals surface area contributed by atoms with Crippen molar-refractivity contribution in [2.45, 2.75) is 25.8 Å². The molecule has 110 valence electrons. The summed E-state index contributed by atoms with van der Waals surface area (Å²) in [6, 6.07) is 8.68. The molecule has 0 aliphatic carbocycles. The molecule has 2 N–H and O–H groups in total. The topological polar surface area (TPSA) is 49.8 Å². The Labute approximate surface area is 123 Å².